The van der Waals surface area contributed by atoms with E-state index in [1.807, 2.05) is 6.92 Å². The highest BCUT2D eigenvalue weighted by molar-refractivity contribution is 5.95. The molecule has 0 aliphatic carbocycles. The van der Waals surface area contributed by atoms with Gasteiger partial charge in [0, 0.05) is 32.4 Å². The number of piperazine rings is 1. The van der Waals surface area contributed by atoms with Gasteiger partial charge >= 0.3 is 0 Å². The van der Waals surface area contributed by atoms with Crippen molar-refractivity contribution in [3.05, 3.63) is 47.8 Å². The summed E-state index contributed by atoms with van der Waals surface area (Å²) >= 11 is 0. The number of hydrogen-bond acceptors (Lipinski definition) is 7. The highest BCUT2D eigenvalue weighted by Crippen LogP contribution is 2.20. The van der Waals surface area contributed by atoms with Gasteiger partial charge in [0.15, 0.2) is 11.6 Å². The first-order valence-corrected chi connectivity index (χ1v) is 10.7. The average molecular weight is 463 g/mol. The molecular formula is C22H27F2N5O4. The first-order valence-electron chi connectivity index (χ1n) is 10.7. The van der Waals surface area contributed by atoms with Crippen LogP contribution in [-0.4, -0.2) is 72.2 Å². The minimum atomic E-state index is -0.940. The maximum absolute atomic E-state index is 12.5. The van der Waals surface area contributed by atoms with E-state index >= 15 is 0 Å². The summed E-state index contributed by atoms with van der Waals surface area (Å²) < 4.78 is 34.8. The molecule has 2 atom stereocenters. The molecule has 2 aliphatic rings. The van der Waals surface area contributed by atoms with Gasteiger partial charge in [-0.1, -0.05) is 6.07 Å². The first kappa shape index (κ1) is 24.5. The number of aromatic nitrogens is 2. The van der Waals surface area contributed by atoms with E-state index in [2.05, 4.69) is 25.3 Å². The molecule has 3 heterocycles. The largest absolute Gasteiger partial charge is 0.494 e. The highest BCUT2D eigenvalue weighted by Gasteiger charge is 2.29. The van der Waals surface area contributed by atoms with E-state index in [1.54, 1.807) is 11.0 Å². The molecule has 0 spiro atoms. The average Bonchev–Trinajstić information content (AvgIpc) is 3.28. The maximum atomic E-state index is 12.5. The van der Waals surface area contributed by atoms with Crippen molar-refractivity contribution in [2.75, 3.05) is 38.6 Å². The van der Waals surface area contributed by atoms with E-state index in [-0.39, 0.29) is 35.3 Å². The van der Waals surface area contributed by atoms with Gasteiger partial charge in [-0.15, -0.1) is 0 Å². The summed E-state index contributed by atoms with van der Waals surface area (Å²) in [6, 6.07) is 5.35. The van der Waals surface area contributed by atoms with Gasteiger partial charge in [-0.05, 0) is 38.0 Å². The Kier molecular flexibility index (Phi) is 8.61. The summed E-state index contributed by atoms with van der Waals surface area (Å²) in [6.07, 6.45) is 2.65. The molecule has 2 amide bonds. The lowest BCUT2D eigenvalue weighted by Gasteiger charge is -2.27. The molecular weight excluding hydrogens is 436 g/mol. The molecule has 0 radical (unpaired) electrons. The van der Waals surface area contributed by atoms with Crippen LogP contribution in [0.25, 0.3) is 0 Å². The summed E-state index contributed by atoms with van der Waals surface area (Å²) in [6.45, 7) is 4.79. The number of hydrogen-bond donors (Lipinski definition) is 2. The number of rotatable bonds is 4. The van der Waals surface area contributed by atoms with E-state index in [1.165, 1.54) is 25.4 Å². The third-order valence-corrected chi connectivity index (χ3v) is 5.17. The lowest BCUT2D eigenvalue weighted by Crippen LogP contribution is -2.46. The van der Waals surface area contributed by atoms with Gasteiger partial charge in [0.05, 0.1) is 13.2 Å². The minimum absolute atomic E-state index is 0.0694. The number of carbonyl (C=O) groups is 2. The van der Waals surface area contributed by atoms with Gasteiger partial charge in [-0.3, -0.25) is 14.9 Å². The summed E-state index contributed by atoms with van der Waals surface area (Å²) in [5, 5.41) is 5.83. The Morgan fingerprint density at radius 1 is 1.21 bits per heavy atom. The van der Waals surface area contributed by atoms with Crippen LogP contribution >= 0.6 is 0 Å². The number of anilines is 1. The van der Waals surface area contributed by atoms with Crippen molar-refractivity contribution < 1.29 is 27.8 Å². The van der Waals surface area contributed by atoms with E-state index in [4.69, 9.17) is 4.74 Å². The highest BCUT2D eigenvalue weighted by atomic mass is 19.2. The van der Waals surface area contributed by atoms with Gasteiger partial charge in [0.25, 0.3) is 11.8 Å². The minimum Gasteiger partial charge on any atom is -0.494 e. The predicted molar refractivity (Wildman–Crippen MR) is 116 cm³/mol. The Balaban J connectivity index is 0.000000257. The van der Waals surface area contributed by atoms with Crippen LogP contribution in [0.15, 0.2) is 30.5 Å². The van der Waals surface area contributed by atoms with Gasteiger partial charge in [-0.2, -0.15) is 4.39 Å². The fourth-order valence-electron chi connectivity index (χ4n) is 3.40. The number of nitrogens with one attached hydrogen (secondary N) is 2. The molecule has 2 unspecified atom stereocenters. The zero-order valence-electron chi connectivity index (χ0n) is 18.5. The lowest BCUT2D eigenvalue weighted by atomic mass is 10.2. The van der Waals surface area contributed by atoms with Crippen molar-refractivity contribution in [2.24, 2.45) is 0 Å². The second-order valence-corrected chi connectivity index (χ2v) is 7.57. The van der Waals surface area contributed by atoms with E-state index < -0.39 is 17.7 Å². The Hall–Kier alpha value is -3.18. The third-order valence-electron chi connectivity index (χ3n) is 5.17. The Labute approximate surface area is 190 Å². The number of nitrogens with zero attached hydrogens (tertiary/aromatic N) is 3. The molecule has 2 fully saturated rings. The molecule has 33 heavy (non-hydrogen) atoms. The van der Waals surface area contributed by atoms with Gasteiger partial charge in [-0.25, -0.2) is 14.4 Å². The van der Waals surface area contributed by atoms with Crippen molar-refractivity contribution in [3.63, 3.8) is 0 Å². The number of carbonyl (C=O) groups excluding carboxylic acids is 2. The van der Waals surface area contributed by atoms with Crippen molar-refractivity contribution >= 4 is 17.8 Å². The normalized spacial score (nSPS) is 19.9. The van der Waals surface area contributed by atoms with Crippen LogP contribution < -0.4 is 15.4 Å². The predicted octanol–water partition coefficient (Wildman–Crippen LogP) is 2.00. The number of halogens is 2. The molecule has 11 heteroatoms. The van der Waals surface area contributed by atoms with E-state index in [0.717, 1.165) is 25.6 Å². The van der Waals surface area contributed by atoms with E-state index in [9.17, 15) is 18.4 Å². The second-order valence-electron chi connectivity index (χ2n) is 7.57. The molecule has 2 aromatic rings. The maximum Gasteiger partial charge on any atom is 0.272 e. The van der Waals surface area contributed by atoms with Crippen LogP contribution in [-0.2, 0) is 9.53 Å². The quantitative estimate of drug-likeness (QED) is 0.715. The van der Waals surface area contributed by atoms with Crippen molar-refractivity contribution in [2.45, 2.75) is 32.0 Å². The van der Waals surface area contributed by atoms with Crippen LogP contribution in [0.2, 0.25) is 0 Å². The van der Waals surface area contributed by atoms with Crippen LogP contribution in [0.4, 0.5) is 14.7 Å². The number of ether oxygens (including phenoxy) is 2. The van der Waals surface area contributed by atoms with Crippen LogP contribution in [0.3, 0.4) is 0 Å². The van der Waals surface area contributed by atoms with Crippen LogP contribution in [0, 0.1) is 11.6 Å². The standard InChI is InChI=1S/C15H21N5O3.C7H6F2O/c1-10-2-3-12(23-10)13(21)19-15-17-5-4-11(18-15)14(22)20-8-6-16-7-9-20;1-10-6-4-2-3-5(8)7(6)9/h4-5,10,12,16H,2-3,6-9H2,1H3,(H,17,18,19,21);2-4H,1H3. The Morgan fingerprint density at radius 3 is 2.61 bits per heavy atom. The molecule has 9 nitrogen and oxygen atoms in total. The van der Waals surface area contributed by atoms with Gasteiger partial charge < -0.3 is 19.7 Å². The fourth-order valence-corrected chi connectivity index (χ4v) is 3.40. The third kappa shape index (κ3) is 6.65. The zero-order valence-corrected chi connectivity index (χ0v) is 18.5. The van der Waals surface area contributed by atoms with Crippen LogP contribution in [0.5, 0.6) is 5.75 Å². The number of amides is 2. The molecule has 1 aromatic carbocycles. The lowest BCUT2D eigenvalue weighted by molar-refractivity contribution is -0.126. The molecule has 4 rings (SSSR count). The molecule has 178 valence electrons. The smallest absolute Gasteiger partial charge is 0.272 e. The number of benzene rings is 1. The summed E-state index contributed by atoms with van der Waals surface area (Å²) in [5.74, 6) is -2.17. The molecule has 0 saturated carbocycles. The summed E-state index contributed by atoms with van der Waals surface area (Å²) in [4.78, 5) is 34.5. The van der Waals surface area contributed by atoms with E-state index in [0.29, 0.717) is 19.5 Å². The van der Waals surface area contributed by atoms with Crippen molar-refractivity contribution in [1.29, 1.82) is 0 Å². The molecule has 1 aromatic heterocycles. The fraction of sp³-hybridized carbons (Fsp3) is 0.455. The second kappa shape index (κ2) is 11.6. The van der Waals surface area contributed by atoms with Crippen molar-refractivity contribution in [1.82, 2.24) is 20.2 Å². The molecule has 2 N–H and O–H groups in total. The summed E-state index contributed by atoms with van der Waals surface area (Å²) in [5.41, 5.74) is 0.290. The van der Waals surface area contributed by atoms with Gasteiger partial charge in [0.1, 0.15) is 11.8 Å². The van der Waals surface area contributed by atoms with Crippen molar-refractivity contribution in [3.8, 4) is 5.75 Å². The van der Waals surface area contributed by atoms with Gasteiger partial charge in [0.2, 0.25) is 11.8 Å². The zero-order chi connectivity index (χ0) is 23.8. The molecule has 2 saturated heterocycles. The topological polar surface area (TPSA) is 106 Å². The first-order chi connectivity index (χ1) is 15.9. The number of methoxy groups -OCH3 is 1. The summed E-state index contributed by atoms with van der Waals surface area (Å²) in [7, 11) is 1.29. The van der Waals surface area contributed by atoms with Crippen LogP contribution in [0.1, 0.15) is 30.3 Å². The monoisotopic (exact) mass is 463 g/mol. The SMILES string of the molecule is CC1CCC(C(=O)Nc2nccc(C(=O)N3CCNCC3)n2)O1.COc1cccc(F)c1F. The molecule has 0 bridgehead atoms. The Bertz CT molecular complexity index is 972. The molecule has 2 aliphatic heterocycles. The Morgan fingerprint density at radius 2 is 1.97 bits per heavy atom.